The summed E-state index contributed by atoms with van der Waals surface area (Å²) in [7, 11) is 1.97. The number of halogens is 1. The van der Waals surface area contributed by atoms with Gasteiger partial charge in [-0.3, -0.25) is 0 Å². The quantitative estimate of drug-likeness (QED) is 0.900. The summed E-state index contributed by atoms with van der Waals surface area (Å²) in [6.07, 6.45) is 0.924. The van der Waals surface area contributed by atoms with Crippen molar-refractivity contribution in [2.75, 3.05) is 7.05 Å². The summed E-state index contributed by atoms with van der Waals surface area (Å²) >= 11 is 5.90. The largest absolute Gasteiger partial charge is 0.466 e. The molecule has 96 valence electrons. The van der Waals surface area contributed by atoms with Crippen LogP contribution in [0.2, 0.25) is 5.02 Å². The van der Waals surface area contributed by atoms with Gasteiger partial charge in [-0.2, -0.15) is 0 Å². The van der Waals surface area contributed by atoms with Crippen LogP contribution in [0.5, 0.6) is 0 Å². The van der Waals surface area contributed by atoms with Crippen molar-refractivity contribution < 1.29 is 4.42 Å². The number of nitrogens with one attached hydrogen (secondary N) is 1. The monoisotopic (exact) mass is 263 g/mol. The van der Waals surface area contributed by atoms with E-state index in [0.29, 0.717) is 0 Å². The first-order chi connectivity index (χ1) is 8.60. The number of hydrogen-bond acceptors (Lipinski definition) is 2. The molecule has 0 aliphatic heterocycles. The lowest BCUT2D eigenvalue weighted by atomic mass is 9.99. The molecule has 0 saturated carbocycles. The van der Waals surface area contributed by atoms with E-state index < -0.39 is 0 Å². The second-order valence-electron chi connectivity index (χ2n) is 4.54. The Morgan fingerprint density at radius 2 is 1.89 bits per heavy atom. The molecule has 1 atom stereocenters. The van der Waals surface area contributed by atoms with Gasteiger partial charge < -0.3 is 9.73 Å². The lowest BCUT2D eigenvalue weighted by molar-refractivity contribution is 0.490. The summed E-state index contributed by atoms with van der Waals surface area (Å²) in [6, 6.07) is 10.4. The van der Waals surface area contributed by atoms with Gasteiger partial charge >= 0.3 is 0 Å². The molecule has 0 saturated heterocycles. The van der Waals surface area contributed by atoms with Crippen LogP contribution in [0.4, 0.5) is 0 Å². The van der Waals surface area contributed by atoms with E-state index in [2.05, 4.69) is 23.5 Å². The molecular weight excluding hydrogens is 246 g/mol. The lowest BCUT2D eigenvalue weighted by Crippen LogP contribution is -2.19. The van der Waals surface area contributed by atoms with E-state index >= 15 is 0 Å². The van der Waals surface area contributed by atoms with Crippen LogP contribution in [0.15, 0.2) is 34.7 Å². The van der Waals surface area contributed by atoms with Gasteiger partial charge in [0.05, 0.1) is 0 Å². The standard InChI is InChI=1S/C15H18ClNO/c1-10-8-14(11(2)18-10)15(17-3)9-12-4-6-13(16)7-5-12/h4-8,15,17H,9H2,1-3H3. The Morgan fingerprint density at radius 3 is 2.39 bits per heavy atom. The van der Waals surface area contributed by atoms with Gasteiger partial charge in [-0.25, -0.2) is 0 Å². The SMILES string of the molecule is CNC(Cc1ccc(Cl)cc1)c1cc(C)oc1C. The molecule has 1 N–H and O–H groups in total. The summed E-state index contributed by atoms with van der Waals surface area (Å²) in [4.78, 5) is 0. The van der Waals surface area contributed by atoms with E-state index in [9.17, 15) is 0 Å². The van der Waals surface area contributed by atoms with Gasteiger partial charge in [-0.1, -0.05) is 23.7 Å². The minimum absolute atomic E-state index is 0.267. The molecule has 1 aromatic heterocycles. The Labute approximate surface area is 113 Å². The molecule has 0 radical (unpaired) electrons. The Kier molecular flexibility index (Phi) is 4.10. The highest BCUT2D eigenvalue weighted by atomic mass is 35.5. The van der Waals surface area contributed by atoms with Crippen LogP contribution in [0.1, 0.15) is 28.7 Å². The van der Waals surface area contributed by atoms with Crippen LogP contribution in [0.3, 0.4) is 0 Å². The van der Waals surface area contributed by atoms with Crippen molar-refractivity contribution in [2.45, 2.75) is 26.3 Å². The Bertz CT molecular complexity index is 516. The summed E-state index contributed by atoms with van der Waals surface area (Å²) in [5, 5.41) is 4.12. The zero-order valence-electron chi connectivity index (χ0n) is 11.0. The minimum Gasteiger partial charge on any atom is -0.466 e. The first-order valence-corrected chi connectivity index (χ1v) is 6.46. The highest BCUT2D eigenvalue weighted by Crippen LogP contribution is 2.25. The molecular formula is C15H18ClNO. The molecule has 1 unspecified atom stereocenters. The van der Waals surface area contributed by atoms with Crippen molar-refractivity contribution in [1.82, 2.24) is 5.32 Å². The van der Waals surface area contributed by atoms with Gasteiger partial charge in [0.25, 0.3) is 0 Å². The number of aryl methyl sites for hydroxylation is 2. The van der Waals surface area contributed by atoms with Crippen molar-refractivity contribution in [2.24, 2.45) is 0 Å². The van der Waals surface area contributed by atoms with Gasteiger partial charge in [-0.05, 0) is 51.1 Å². The fraction of sp³-hybridized carbons (Fsp3) is 0.333. The zero-order chi connectivity index (χ0) is 13.1. The van der Waals surface area contributed by atoms with E-state index in [-0.39, 0.29) is 6.04 Å². The topological polar surface area (TPSA) is 25.2 Å². The average molecular weight is 264 g/mol. The summed E-state index contributed by atoms with van der Waals surface area (Å²) in [6.45, 7) is 3.99. The number of hydrogen-bond donors (Lipinski definition) is 1. The van der Waals surface area contributed by atoms with Gasteiger partial charge in [0.15, 0.2) is 0 Å². The normalized spacial score (nSPS) is 12.7. The van der Waals surface area contributed by atoms with Crippen molar-refractivity contribution in [1.29, 1.82) is 0 Å². The van der Waals surface area contributed by atoms with E-state index in [4.69, 9.17) is 16.0 Å². The number of rotatable bonds is 4. The molecule has 18 heavy (non-hydrogen) atoms. The lowest BCUT2D eigenvalue weighted by Gasteiger charge is -2.15. The molecule has 0 fully saturated rings. The molecule has 1 heterocycles. The number of benzene rings is 1. The summed E-state index contributed by atoms with van der Waals surface area (Å²) < 4.78 is 5.59. The molecule has 0 bridgehead atoms. The third-order valence-electron chi connectivity index (χ3n) is 3.16. The highest BCUT2D eigenvalue weighted by Gasteiger charge is 2.15. The predicted molar refractivity (Wildman–Crippen MR) is 75.1 cm³/mol. The van der Waals surface area contributed by atoms with E-state index in [1.807, 2.05) is 33.0 Å². The zero-order valence-corrected chi connectivity index (χ0v) is 11.7. The maximum atomic E-state index is 5.90. The Hall–Kier alpha value is -1.25. The second-order valence-corrected chi connectivity index (χ2v) is 4.98. The maximum absolute atomic E-state index is 5.90. The van der Waals surface area contributed by atoms with Crippen molar-refractivity contribution in [3.8, 4) is 0 Å². The fourth-order valence-electron chi connectivity index (χ4n) is 2.22. The Morgan fingerprint density at radius 1 is 1.22 bits per heavy atom. The van der Waals surface area contributed by atoms with Crippen molar-refractivity contribution >= 4 is 11.6 Å². The minimum atomic E-state index is 0.267. The molecule has 0 spiro atoms. The van der Waals surface area contributed by atoms with Crippen LogP contribution >= 0.6 is 11.6 Å². The molecule has 0 aliphatic carbocycles. The van der Waals surface area contributed by atoms with Gasteiger partial charge in [-0.15, -0.1) is 0 Å². The summed E-state index contributed by atoms with van der Waals surface area (Å²) in [5.41, 5.74) is 2.49. The van der Waals surface area contributed by atoms with E-state index in [0.717, 1.165) is 23.0 Å². The molecule has 2 nitrogen and oxygen atoms in total. The van der Waals surface area contributed by atoms with Crippen LogP contribution in [-0.4, -0.2) is 7.05 Å². The Balaban J connectivity index is 2.19. The first kappa shape index (κ1) is 13.2. The summed E-state index contributed by atoms with van der Waals surface area (Å²) in [5.74, 6) is 1.94. The van der Waals surface area contributed by atoms with Crippen molar-refractivity contribution in [3.05, 3.63) is 58.0 Å². The van der Waals surface area contributed by atoms with Gasteiger partial charge in [0.1, 0.15) is 11.5 Å². The molecule has 2 rings (SSSR count). The molecule has 3 heteroatoms. The molecule has 2 aromatic rings. The van der Waals surface area contributed by atoms with Crippen LogP contribution in [0, 0.1) is 13.8 Å². The van der Waals surface area contributed by atoms with Crippen LogP contribution in [0.25, 0.3) is 0 Å². The average Bonchev–Trinajstić information content (AvgIpc) is 2.68. The van der Waals surface area contributed by atoms with Gasteiger partial charge in [0, 0.05) is 16.6 Å². The third kappa shape index (κ3) is 2.95. The molecule has 1 aromatic carbocycles. The van der Waals surface area contributed by atoms with Crippen LogP contribution < -0.4 is 5.32 Å². The number of likely N-dealkylation sites (N-methyl/N-ethyl adjacent to an activating group) is 1. The van der Waals surface area contributed by atoms with Gasteiger partial charge in [0.2, 0.25) is 0 Å². The first-order valence-electron chi connectivity index (χ1n) is 6.09. The third-order valence-corrected chi connectivity index (χ3v) is 3.41. The molecule has 0 aliphatic rings. The fourth-order valence-corrected chi connectivity index (χ4v) is 2.35. The highest BCUT2D eigenvalue weighted by molar-refractivity contribution is 6.30. The van der Waals surface area contributed by atoms with Crippen molar-refractivity contribution in [3.63, 3.8) is 0 Å². The van der Waals surface area contributed by atoms with Crippen LogP contribution in [-0.2, 0) is 6.42 Å². The predicted octanol–water partition coefficient (Wildman–Crippen LogP) is 4.05. The smallest absolute Gasteiger partial charge is 0.105 e. The van der Waals surface area contributed by atoms with E-state index in [1.165, 1.54) is 11.1 Å². The second kappa shape index (κ2) is 5.59. The molecule has 0 amide bonds. The number of furan rings is 1. The van der Waals surface area contributed by atoms with E-state index in [1.54, 1.807) is 0 Å². The maximum Gasteiger partial charge on any atom is 0.105 e.